The smallest absolute Gasteiger partial charge is 0.387 e. The lowest BCUT2D eigenvalue weighted by Crippen LogP contribution is -2.42. The lowest BCUT2D eigenvalue weighted by atomic mass is 10.1. The van der Waals surface area contributed by atoms with Crippen LogP contribution < -0.4 is 20.1 Å². The molecule has 1 aromatic carbocycles. The van der Waals surface area contributed by atoms with Crippen molar-refractivity contribution in [3.8, 4) is 11.5 Å². The molecule has 1 aliphatic rings. The molecule has 1 fully saturated rings. The van der Waals surface area contributed by atoms with Gasteiger partial charge in [0.1, 0.15) is 0 Å². The highest BCUT2D eigenvalue weighted by atomic mass is 127. The van der Waals surface area contributed by atoms with Crippen molar-refractivity contribution in [1.29, 1.82) is 0 Å². The summed E-state index contributed by atoms with van der Waals surface area (Å²) in [5.74, 6) is 1.000. The van der Waals surface area contributed by atoms with Crippen LogP contribution in [-0.4, -0.2) is 57.3 Å². The van der Waals surface area contributed by atoms with E-state index in [1.165, 1.54) is 32.4 Å². The number of likely N-dealkylation sites (tertiary alicyclic amines) is 1. The summed E-state index contributed by atoms with van der Waals surface area (Å²) in [6.07, 6.45) is 3.87. The second-order valence-corrected chi connectivity index (χ2v) is 6.39. The largest absolute Gasteiger partial charge is 0.493 e. The molecule has 0 unspecified atom stereocenters. The number of nitrogens with one attached hydrogen (secondary N) is 2. The van der Waals surface area contributed by atoms with Gasteiger partial charge in [0.25, 0.3) is 0 Å². The van der Waals surface area contributed by atoms with Crippen molar-refractivity contribution < 1.29 is 18.3 Å². The van der Waals surface area contributed by atoms with Gasteiger partial charge in [-0.2, -0.15) is 8.78 Å². The van der Waals surface area contributed by atoms with E-state index in [0.717, 1.165) is 38.3 Å². The highest BCUT2D eigenvalue weighted by Gasteiger charge is 2.12. The van der Waals surface area contributed by atoms with Crippen LogP contribution in [0.5, 0.6) is 11.5 Å². The molecule has 2 rings (SSSR count). The van der Waals surface area contributed by atoms with E-state index in [9.17, 15) is 8.78 Å². The van der Waals surface area contributed by atoms with Crippen LogP contribution in [0.4, 0.5) is 8.78 Å². The Morgan fingerprint density at radius 3 is 2.57 bits per heavy atom. The molecule has 160 valence electrons. The standard InChI is InChI=1S/C19H30F2N4O2.HI/c1-3-22-19(23-9-12-25-10-5-4-6-11-25)24-14-15-7-8-16(26-2)17(13-15)27-18(20)21;/h7-8,13,18H,3-6,9-12,14H2,1-2H3,(H2,22,23,24);1H. The molecule has 0 amide bonds. The molecule has 0 saturated carbocycles. The Morgan fingerprint density at radius 2 is 1.93 bits per heavy atom. The first-order valence-electron chi connectivity index (χ1n) is 9.48. The summed E-state index contributed by atoms with van der Waals surface area (Å²) in [6.45, 7) is 4.33. The van der Waals surface area contributed by atoms with Gasteiger partial charge in [0.05, 0.1) is 13.7 Å². The fourth-order valence-corrected chi connectivity index (χ4v) is 3.04. The quantitative estimate of drug-likeness (QED) is 0.302. The minimum Gasteiger partial charge on any atom is -0.493 e. The van der Waals surface area contributed by atoms with Gasteiger partial charge in [-0.15, -0.1) is 24.0 Å². The van der Waals surface area contributed by atoms with Crippen molar-refractivity contribution >= 4 is 29.9 Å². The van der Waals surface area contributed by atoms with Gasteiger partial charge in [-0.25, -0.2) is 4.99 Å². The molecule has 6 nitrogen and oxygen atoms in total. The summed E-state index contributed by atoms with van der Waals surface area (Å²) in [5, 5.41) is 6.53. The summed E-state index contributed by atoms with van der Waals surface area (Å²) in [6, 6.07) is 4.93. The Hall–Kier alpha value is -1.36. The van der Waals surface area contributed by atoms with Crippen LogP contribution >= 0.6 is 24.0 Å². The fraction of sp³-hybridized carbons (Fsp3) is 0.632. The van der Waals surface area contributed by atoms with E-state index in [1.54, 1.807) is 12.1 Å². The van der Waals surface area contributed by atoms with Crippen LogP contribution in [0.2, 0.25) is 0 Å². The number of guanidine groups is 1. The average molecular weight is 512 g/mol. The van der Waals surface area contributed by atoms with E-state index in [-0.39, 0.29) is 35.5 Å². The van der Waals surface area contributed by atoms with Crippen LogP contribution in [0.3, 0.4) is 0 Å². The lowest BCUT2D eigenvalue weighted by molar-refractivity contribution is -0.0512. The van der Waals surface area contributed by atoms with Gasteiger partial charge in [-0.05, 0) is 50.6 Å². The van der Waals surface area contributed by atoms with Crippen molar-refractivity contribution in [3.05, 3.63) is 23.8 Å². The first kappa shape index (κ1) is 24.7. The maximum atomic E-state index is 12.5. The first-order chi connectivity index (χ1) is 13.1. The molecule has 0 bridgehead atoms. The van der Waals surface area contributed by atoms with E-state index in [2.05, 4.69) is 25.3 Å². The molecule has 0 atom stereocenters. The Kier molecular flexibility index (Phi) is 12.1. The van der Waals surface area contributed by atoms with Crippen molar-refractivity contribution in [3.63, 3.8) is 0 Å². The van der Waals surface area contributed by atoms with Crippen LogP contribution in [0, 0.1) is 0 Å². The number of alkyl halides is 2. The molecular weight excluding hydrogens is 481 g/mol. The Bertz CT molecular complexity index is 599. The Labute approximate surface area is 183 Å². The summed E-state index contributed by atoms with van der Waals surface area (Å²) >= 11 is 0. The van der Waals surface area contributed by atoms with Crippen molar-refractivity contribution in [2.24, 2.45) is 4.99 Å². The van der Waals surface area contributed by atoms with E-state index < -0.39 is 6.61 Å². The van der Waals surface area contributed by atoms with Gasteiger partial charge < -0.3 is 25.0 Å². The molecule has 0 spiro atoms. The minimum atomic E-state index is -2.90. The number of hydrogen-bond donors (Lipinski definition) is 2. The highest BCUT2D eigenvalue weighted by Crippen LogP contribution is 2.29. The number of methoxy groups -OCH3 is 1. The maximum Gasteiger partial charge on any atom is 0.387 e. The van der Waals surface area contributed by atoms with E-state index in [1.807, 2.05) is 6.92 Å². The average Bonchev–Trinajstić information content (AvgIpc) is 2.66. The van der Waals surface area contributed by atoms with Gasteiger partial charge in [0, 0.05) is 19.6 Å². The van der Waals surface area contributed by atoms with Gasteiger partial charge in [0.15, 0.2) is 17.5 Å². The van der Waals surface area contributed by atoms with E-state index >= 15 is 0 Å². The number of aliphatic imine (C=N–C) groups is 1. The van der Waals surface area contributed by atoms with Gasteiger partial charge in [-0.3, -0.25) is 0 Å². The minimum absolute atomic E-state index is 0. The topological polar surface area (TPSA) is 58.1 Å². The molecule has 0 aliphatic carbocycles. The molecular formula is C19H31F2IN4O2. The predicted molar refractivity (Wildman–Crippen MR) is 118 cm³/mol. The first-order valence-corrected chi connectivity index (χ1v) is 9.48. The number of hydrogen-bond acceptors (Lipinski definition) is 4. The van der Waals surface area contributed by atoms with Gasteiger partial charge >= 0.3 is 6.61 Å². The molecule has 1 aliphatic heterocycles. The number of rotatable bonds is 9. The van der Waals surface area contributed by atoms with Crippen LogP contribution in [0.1, 0.15) is 31.7 Å². The third-order valence-electron chi connectivity index (χ3n) is 4.38. The second kappa shape index (κ2) is 13.8. The second-order valence-electron chi connectivity index (χ2n) is 6.39. The van der Waals surface area contributed by atoms with Crippen LogP contribution in [0.15, 0.2) is 23.2 Å². The Morgan fingerprint density at radius 1 is 1.18 bits per heavy atom. The number of nitrogens with zero attached hydrogens (tertiary/aromatic N) is 2. The van der Waals surface area contributed by atoms with E-state index in [4.69, 9.17) is 4.74 Å². The zero-order valence-corrected chi connectivity index (χ0v) is 18.9. The molecule has 1 aromatic rings. The van der Waals surface area contributed by atoms with Crippen LogP contribution in [-0.2, 0) is 6.54 Å². The van der Waals surface area contributed by atoms with Gasteiger partial charge in [0.2, 0.25) is 0 Å². The normalized spacial score (nSPS) is 15.1. The van der Waals surface area contributed by atoms with Gasteiger partial charge in [-0.1, -0.05) is 12.5 Å². The number of halogens is 3. The number of ether oxygens (including phenoxy) is 2. The lowest BCUT2D eigenvalue weighted by Gasteiger charge is -2.26. The zero-order valence-electron chi connectivity index (χ0n) is 16.5. The van der Waals surface area contributed by atoms with Crippen molar-refractivity contribution in [1.82, 2.24) is 15.5 Å². The third-order valence-corrected chi connectivity index (χ3v) is 4.38. The molecule has 0 aromatic heterocycles. The molecule has 0 radical (unpaired) electrons. The molecule has 9 heteroatoms. The third kappa shape index (κ3) is 8.76. The summed E-state index contributed by atoms with van der Waals surface area (Å²) in [4.78, 5) is 6.99. The highest BCUT2D eigenvalue weighted by molar-refractivity contribution is 14.0. The number of piperidine rings is 1. The summed E-state index contributed by atoms with van der Waals surface area (Å²) in [7, 11) is 1.42. The van der Waals surface area contributed by atoms with Crippen molar-refractivity contribution in [2.75, 3.05) is 39.8 Å². The van der Waals surface area contributed by atoms with E-state index in [0.29, 0.717) is 12.5 Å². The fourth-order valence-electron chi connectivity index (χ4n) is 3.04. The summed E-state index contributed by atoms with van der Waals surface area (Å²) < 4.78 is 34.7. The number of benzene rings is 1. The molecule has 28 heavy (non-hydrogen) atoms. The SMILES string of the molecule is CCNC(=NCc1ccc(OC)c(OC(F)F)c1)NCCN1CCCCC1.I. The maximum absolute atomic E-state index is 12.5. The Balaban J connectivity index is 0.00000392. The molecule has 1 heterocycles. The van der Waals surface area contributed by atoms with Crippen molar-refractivity contribution in [2.45, 2.75) is 39.3 Å². The molecule has 2 N–H and O–H groups in total. The molecule has 1 saturated heterocycles. The monoisotopic (exact) mass is 512 g/mol. The van der Waals surface area contributed by atoms with Crippen LogP contribution in [0.25, 0.3) is 0 Å². The summed E-state index contributed by atoms with van der Waals surface area (Å²) in [5.41, 5.74) is 0.764. The zero-order chi connectivity index (χ0) is 19.5. The predicted octanol–water partition coefficient (Wildman–Crippen LogP) is 3.46.